The lowest BCUT2D eigenvalue weighted by Crippen LogP contribution is -2.42. The smallest absolute Gasteiger partial charge is 0.327 e. The van der Waals surface area contributed by atoms with Crippen molar-refractivity contribution in [3.63, 3.8) is 0 Å². The van der Waals surface area contributed by atoms with Crippen LogP contribution in [0.3, 0.4) is 0 Å². The molecule has 3 heterocycles. The second-order valence-electron chi connectivity index (χ2n) is 5.82. The summed E-state index contributed by atoms with van der Waals surface area (Å²) in [6.45, 7) is 0.373. The summed E-state index contributed by atoms with van der Waals surface area (Å²) < 4.78 is 5.65. The highest BCUT2D eigenvalue weighted by molar-refractivity contribution is 5.96. The minimum absolute atomic E-state index is 0.139. The number of benzene rings is 1. The molecule has 0 bridgehead atoms. The van der Waals surface area contributed by atoms with Gasteiger partial charge in [-0.2, -0.15) is 0 Å². The van der Waals surface area contributed by atoms with E-state index in [1.165, 1.54) is 12.3 Å². The van der Waals surface area contributed by atoms with Crippen molar-refractivity contribution in [3.8, 4) is 5.75 Å². The zero-order valence-corrected chi connectivity index (χ0v) is 13.0. The molecule has 1 amide bonds. The van der Waals surface area contributed by atoms with Crippen molar-refractivity contribution in [2.45, 2.75) is 12.5 Å². The van der Waals surface area contributed by atoms with Gasteiger partial charge in [0.2, 0.25) is 0 Å². The lowest BCUT2D eigenvalue weighted by Gasteiger charge is -2.26. The number of para-hydroxylation sites is 1. The summed E-state index contributed by atoms with van der Waals surface area (Å²) in [4.78, 5) is 44.0. The fraction of sp³-hybridized carbons (Fsp3) is 0.176. The third kappa shape index (κ3) is 2.89. The van der Waals surface area contributed by atoms with Crippen molar-refractivity contribution in [1.29, 1.82) is 0 Å². The second-order valence-corrected chi connectivity index (χ2v) is 5.82. The first-order valence-electron chi connectivity index (χ1n) is 7.74. The molecule has 1 aliphatic heterocycles. The lowest BCUT2D eigenvalue weighted by molar-refractivity contribution is 0.0915. The summed E-state index contributed by atoms with van der Waals surface area (Å²) in [5, 5.41) is 3.03. The highest BCUT2D eigenvalue weighted by Crippen LogP contribution is 2.24. The van der Waals surface area contributed by atoms with E-state index in [1.807, 2.05) is 24.3 Å². The standard InChI is InChI=1S/C17H14N4O4/c22-15(19-11-5-9-3-1-2-4-13(9)25-8-11)10-6-12-14(18-7-10)20-17(24)21-16(12)23/h1-4,6-7,11H,5,8H2,(H,19,22)(H2,18,20,21,23,24)/t11-/m1/s1. The number of amides is 1. The largest absolute Gasteiger partial charge is 0.491 e. The van der Waals surface area contributed by atoms with Crippen LogP contribution in [0.5, 0.6) is 5.75 Å². The average Bonchev–Trinajstić information content (AvgIpc) is 2.61. The van der Waals surface area contributed by atoms with Crippen molar-refractivity contribution in [1.82, 2.24) is 20.3 Å². The van der Waals surface area contributed by atoms with Crippen molar-refractivity contribution in [3.05, 3.63) is 68.5 Å². The van der Waals surface area contributed by atoms with Crippen molar-refractivity contribution < 1.29 is 9.53 Å². The molecule has 3 N–H and O–H groups in total. The fourth-order valence-corrected chi connectivity index (χ4v) is 2.86. The van der Waals surface area contributed by atoms with E-state index in [-0.39, 0.29) is 28.5 Å². The maximum absolute atomic E-state index is 12.5. The van der Waals surface area contributed by atoms with Gasteiger partial charge in [-0.25, -0.2) is 9.78 Å². The van der Waals surface area contributed by atoms with E-state index in [0.717, 1.165) is 11.3 Å². The SMILES string of the molecule is O=C(N[C@H]1COc2ccccc2C1)c1cnc2[nH]c(=O)[nH]c(=O)c2c1. The van der Waals surface area contributed by atoms with Crippen LogP contribution in [0, 0.1) is 0 Å². The first kappa shape index (κ1) is 15.1. The number of carbonyl (C=O) groups excluding carboxylic acids is 1. The Morgan fingerprint density at radius 1 is 1.24 bits per heavy atom. The molecule has 0 aliphatic carbocycles. The average molecular weight is 338 g/mol. The number of aromatic nitrogens is 3. The highest BCUT2D eigenvalue weighted by atomic mass is 16.5. The molecule has 2 aromatic heterocycles. The van der Waals surface area contributed by atoms with Gasteiger partial charge >= 0.3 is 5.69 Å². The van der Waals surface area contributed by atoms with E-state index >= 15 is 0 Å². The van der Waals surface area contributed by atoms with Gasteiger partial charge in [-0.3, -0.25) is 19.6 Å². The van der Waals surface area contributed by atoms with E-state index in [2.05, 4.69) is 20.3 Å². The summed E-state index contributed by atoms with van der Waals surface area (Å²) in [5.74, 6) is 0.476. The van der Waals surface area contributed by atoms with E-state index in [4.69, 9.17) is 4.74 Å². The predicted octanol–water partition coefficient (Wildman–Crippen LogP) is 0.345. The van der Waals surface area contributed by atoms with E-state index < -0.39 is 11.2 Å². The Bertz CT molecular complexity index is 1090. The quantitative estimate of drug-likeness (QED) is 0.623. The summed E-state index contributed by atoms with van der Waals surface area (Å²) in [7, 11) is 0. The Labute approximate surface area is 140 Å². The lowest BCUT2D eigenvalue weighted by atomic mass is 10.0. The summed E-state index contributed by atoms with van der Waals surface area (Å²) in [5.41, 5.74) is 0.185. The Balaban J connectivity index is 1.57. The Kier molecular flexibility index (Phi) is 3.57. The molecule has 3 aromatic rings. The van der Waals surface area contributed by atoms with Gasteiger partial charge in [-0.15, -0.1) is 0 Å². The van der Waals surface area contributed by atoms with Crippen LogP contribution >= 0.6 is 0 Å². The third-order valence-electron chi connectivity index (χ3n) is 4.07. The number of aromatic amines is 2. The van der Waals surface area contributed by atoms with Crippen molar-refractivity contribution in [2.24, 2.45) is 0 Å². The molecule has 1 atom stereocenters. The van der Waals surface area contributed by atoms with Gasteiger partial charge in [0.15, 0.2) is 0 Å². The van der Waals surface area contributed by atoms with Crippen LogP contribution in [-0.2, 0) is 6.42 Å². The molecule has 1 aromatic carbocycles. The Hall–Kier alpha value is -3.42. The number of nitrogens with one attached hydrogen (secondary N) is 3. The topological polar surface area (TPSA) is 117 Å². The van der Waals surface area contributed by atoms with Crippen molar-refractivity contribution >= 4 is 16.9 Å². The van der Waals surface area contributed by atoms with Crippen LogP contribution in [0.1, 0.15) is 15.9 Å². The molecule has 25 heavy (non-hydrogen) atoms. The van der Waals surface area contributed by atoms with Crippen LogP contribution in [0.4, 0.5) is 0 Å². The number of fused-ring (bicyclic) bond motifs is 2. The van der Waals surface area contributed by atoms with Crippen LogP contribution in [0.2, 0.25) is 0 Å². The number of H-pyrrole nitrogens is 2. The van der Waals surface area contributed by atoms with E-state index in [9.17, 15) is 14.4 Å². The maximum atomic E-state index is 12.5. The monoisotopic (exact) mass is 338 g/mol. The summed E-state index contributed by atoms with van der Waals surface area (Å²) >= 11 is 0. The third-order valence-corrected chi connectivity index (χ3v) is 4.07. The van der Waals surface area contributed by atoms with Crippen LogP contribution in [0.15, 0.2) is 46.1 Å². The van der Waals surface area contributed by atoms with Gasteiger partial charge in [0.1, 0.15) is 18.0 Å². The molecule has 0 saturated carbocycles. The van der Waals surface area contributed by atoms with E-state index in [1.54, 1.807) is 0 Å². The molecule has 1 aliphatic rings. The molecule has 8 nitrogen and oxygen atoms in total. The number of hydrogen-bond acceptors (Lipinski definition) is 5. The van der Waals surface area contributed by atoms with Gasteiger partial charge in [0.25, 0.3) is 11.5 Å². The van der Waals surface area contributed by atoms with Gasteiger partial charge in [0, 0.05) is 6.20 Å². The molecule has 0 saturated heterocycles. The molecule has 126 valence electrons. The van der Waals surface area contributed by atoms with Crippen molar-refractivity contribution in [2.75, 3.05) is 6.61 Å². The first-order valence-corrected chi connectivity index (χ1v) is 7.74. The Morgan fingerprint density at radius 3 is 2.96 bits per heavy atom. The molecular formula is C17H14N4O4. The number of carbonyl (C=O) groups is 1. The van der Waals surface area contributed by atoms with Gasteiger partial charge in [0.05, 0.1) is 17.0 Å². The van der Waals surface area contributed by atoms with Crippen LogP contribution in [-0.4, -0.2) is 33.5 Å². The molecule has 0 unspecified atom stereocenters. The Morgan fingerprint density at radius 2 is 2.08 bits per heavy atom. The molecule has 0 radical (unpaired) electrons. The number of hydrogen-bond donors (Lipinski definition) is 3. The number of ether oxygens (including phenoxy) is 1. The first-order chi connectivity index (χ1) is 12.1. The predicted molar refractivity (Wildman–Crippen MR) is 89.9 cm³/mol. The zero-order valence-electron chi connectivity index (χ0n) is 13.0. The highest BCUT2D eigenvalue weighted by Gasteiger charge is 2.22. The van der Waals surface area contributed by atoms with E-state index in [0.29, 0.717) is 13.0 Å². The second kappa shape index (κ2) is 5.90. The molecule has 4 rings (SSSR count). The molecule has 0 spiro atoms. The molecular weight excluding hydrogens is 324 g/mol. The van der Waals surface area contributed by atoms with Gasteiger partial charge < -0.3 is 10.1 Å². The summed E-state index contributed by atoms with van der Waals surface area (Å²) in [6, 6.07) is 8.92. The minimum Gasteiger partial charge on any atom is -0.491 e. The number of pyridine rings is 1. The normalized spacial score (nSPS) is 16.1. The molecule has 8 heteroatoms. The van der Waals surface area contributed by atoms with Gasteiger partial charge in [-0.05, 0) is 24.1 Å². The zero-order chi connectivity index (χ0) is 17.4. The molecule has 0 fully saturated rings. The van der Waals surface area contributed by atoms with Gasteiger partial charge in [-0.1, -0.05) is 18.2 Å². The summed E-state index contributed by atoms with van der Waals surface area (Å²) in [6.07, 6.45) is 1.99. The minimum atomic E-state index is -0.639. The maximum Gasteiger partial charge on any atom is 0.327 e. The van der Waals surface area contributed by atoms with Crippen LogP contribution < -0.4 is 21.3 Å². The van der Waals surface area contributed by atoms with Crippen LogP contribution in [0.25, 0.3) is 11.0 Å². The number of rotatable bonds is 2. The number of nitrogens with zero attached hydrogens (tertiary/aromatic N) is 1. The fourth-order valence-electron chi connectivity index (χ4n) is 2.86.